The molecule has 1 heterocycles. The molecule has 1 aliphatic heterocycles. The van der Waals surface area contributed by atoms with Crippen molar-refractivity contribution in [3.8, 4) is 0 Å². The van der Waals surface area contributed by atoms with Crippen LogP contribution in [-0.4, -0.2) is 24.7 Å². The molecule has 0 radical (unpaired) electrons. The van der Waals surface area contributed by atoms with Crippen LogP contribution in [0.1, 0.15) is 60.8 Å². The summed E-state index contributed by atoms with van der Waals surface area (Å²) >= 11 is 0. The van der Waals surface area contributed by atoms with E-state index in [0.29, 0.717) is 12.5 Å². The summed E-state index contributed by atoms with van der Waals surface area (Å²) in [5.74, 6) is 1.42. The lowest BCUT2D eigenvalue weighted by atomic mass is 9.87. The van der Waals surface area contributed by atoms with Crippen molar-refractivity contribution in [3.63, 3.8) is 0 Å². The smallest absolute Gasteiger partial charge is 0.102 e. The number of hydrogen-bond acceptors (Lipinski definition) is 1. The second kappa shape index (κ2) is 5.24. The molecule has 0 unspecified atom stereocenters. The minimum Gasteiger partial charge on any atom is -0.296 e. The van der Waals surface area contributed by atoms with Gasteiger partial charge >= 0.3 is 0 Å². The summed E-state index contributed by atoms with van der Waals surface area (Å²) in [6, 6.07) is 4.88. The monoisotopic (exact) mass is 261 g/mol. The van der Waals surface area contributed by atoms with Crippen LogP contribution in [0, 0.1) is 0 Å². The van der Waals surface area contributed by atoms with E-state index < -0.39 is 0 Å². The van der Waals surface area contributed by atoms with Gasteiger partial charge in [-0.3, -0.25) is 4.90 Å². The number of alkyl halides is 1. The Bertz CT molecular complexity index is 463. The average molecular weight is 261 g/mol. The minimum absolute atomic E-state index is 0.227. The first-order valence-corrected chi connectivity index (χ1v) is 7.63. The molecule has 1 aromatic rings. The zero-order valence-electron chi connectivity index (χ0n) is 12.1. The van der Waals surface area contributed by atoms with Crippen molar-refractivity contribution >= 4 is 0 Å². The van der Waals surface area contributed by atoms with Gasteiger partial charge in [-0.1, -0.05) is 26.0 Å². The van der Waals surface area contributed by atoms with Crippen LogP contribution in [0.25, 0.3) is 0 Å². The number of nitrogens with zero attached hydrogens (tertiary/aromatic N) is 1. The summed E-state index contributed by atoms with van der Waals surface area (Å²) in [5.41, 5.74) is 6.09. The Morgan fingerprint density at radius 2 is 2.05 bits per heavy atom. The van der Waals surface area contributed by atoms with Crippen molar-refractivity contribution < 1.29 is 4.39 Å². The van der Waals surface area contributed by atoms with Crippen LogP contribution in [0.2, 0.25) is 0 Å². The Kier molecular flexibility index (Phi) is 3.62. The van der Waals surface area contributed by atoms with Crippen LogP contribution in [0.15, 0.2) is 12.1 Å². The second-order valence-electron chi connectivity index (χ2n) is 6.39. The molecule has 104 valence electrons. The van der Waals surface area contributed by atoms with Gasteiger partial charge in [-0.25, -0.2) is 4.39 Å². The fourth-order valence-corrected chi connectivity index (χ4v) is 3.26. The third kappa shape index (κ3) is 2.69. The lowest BCUT2D eigenvalue weighted by Crippen LogP contribution is -2.32. The fraction of sp³-hybridized carbons (Fsp3) is 0.647. The maximum Gasteiger partial charge on any atom is 0.102 e. The van der Waals surface area contributed by atoms with Gasteiger partial charge in [0.15, 0.2) is 0 Å². The van der Waals surface area contributed by atoms with Gasteiger partial charge in [0.05, 0.1) is 0 Å². The molecular weight excluding hydrogens is 237 g/mol. The predicted molar refractivity (Wildman–Crippen MR) is 77.5 cm³/mol. The van der Waals surface area contributed by atoms with Gasteiger partial charge in [0.1, 0.15) is 6.67 Å². The van der Waals surface area contributed by atoms with Crippen molar-refractivity contribution in [1.82, 2.24) is 4.90 Å². The van der Waals surface area contributed by atoms with Gasteiger partial charge in [-0.05, 0) is 53.4 Å². The molecule has 0 saturated heterocycles. The van der Waals surface area contributed by atoms with Crippen LogP contribution in [-0.2, 0) is 13.0 Å². The molecular formula is C17H24FN. The molecule has 0 atom stereocenters. The van der Waals surface area contributed by atoms with Crippen LogP contribution < -0.4 is 0 Å². The van der Waals surface area contributed by atoms with E-state index in [-0.39, 0.29) is 6.67 Å². The van der Waals surface area contributed by atoms with E-state index in [2.05, 4.69) is 30.9 Å². The molecule has 3 rings (SSSR count). The predicted octanol–water partition coefficient (Wildman–Crippen LogP) is 4.02. The van der Waals surface area contributed by atoms with E-state index in [1.165, 1.54) is 24.0 Å². The largest absolute Gasteiger partial charge is 0.296 e. The van der Waals surface area contributed by atoms with Gasteiger partial charge < -0.3 is 0 Å². The fourth-order valence-electron chi connectivity index (χ4n) is 3.26. The highest BCUT2D eigenvalue weighted by molar-refractivity contribution is 5.44. The van der Waals surface area contributed by atoms with Crippen molar-refractivity contribution in [2.45, 2.75) is 51.5 Å². The molecule has 19 heavy (non-hydrogen) atoms. The summed E-state index contributed by atoms with van der Waals surface area (Å²) in [7, 11) is 0. The summed E-state index contributed by atoms with van der Waals surface area (Å²) in [6.07, 6.45) is 3.79. The first-order chi connectivity index (χ1) is 9.19. The standard InChI is InChI=1S/C17H24FN/c1-12(2)16-9-14-5-7-19(8-6-18)11-15(14)10-17(16)13-3-4-13/h9-10,12-13H,3-8,11H2,1-2H3. The highest BCUT2D eigenvalue weighted by Gasteiger charge is 2.28. The molecule has 0 aromatic heterocycles. The molecule has 0 bridgehead atoms. The molecule has 2 aliphatic rings. The maximum absolute atomic E-state index is 12.5. The zero-order valence-corrected chi connectivity index (χ0v) is 12.1. The van der Waals surface area contributed by atoms with E-state index in [1.54, 1.807) is 11.1 Å². The summed E-state index contributed by atoms with van der Waals surface area (Å²) in [4.78, 5) is 2.24. The van der Waals surface area contributed by atoms with Crippen molar-refractivity contribution in [2.24, 2.45) is 0 Å². The number of hydrogen-bond donors (Lipinski definition) is 0. The third-order valence-electron chi connectivity index (χ3n) is 4.54. The molecule has 1 saturated carbocycles. The second-order valence-corrected chi connectivity index (χ2v) is 6.39. The number of fused-ring (bicyclic) bond motifs is 1. The van der Waals surface area contributed by atoms with E-state index in [4.69, 9.17) is 0 Å². The van der Waals surface area contributed by atoms with Gasteiger partial charge in [0, 0.05) is 19.6 Å². The highest BCUT2D eigenvalue weighted by Crippen LogP contribution is 2.44. The number of rotatable bonds is 4. The maximum atomic E-state index is 12.5. The molecule has 0 N–H and O–H groups in total. The van der Waals surface area contributed by atoms with Gasteiger partial charge in [-0.15, -0.1) is 0 Å². The number of halogens is 1. The Balaban J connectivity index is 1.92. The molecule has 1 aromatic carbocycles. The molecule has 2 heteroatoms. The SMILES string of the molecule is CC(C)c1cc2c(cc1C1CC1)CN(CCF)CC2. The minimum atomic E-state index is -0.227. The molecule has 0 spiro atoms. The van der Waals surface area contributed by atoms with Gasteiger partial charge in [0.2, 0.25) is 0 Å². The van der Waals surface area contributed by atoms with Crippen LogP contribution in [0.4, 0.5) is 4.39 Å². The summed E-state index contributed by atoms with van der Waals surface area (Å²) < 4.78 is 12.5. The molecule has 1 aliphatic carbocycles. The topological polar surface area (TPSA) is 3.24 Å². The third-order valence-corrected chi connectivity index (χ3v) is 4.54. The summed E-state index contributed by atoms with van der Waals surface area (Å²) in [5, 5.41) is 0. The average Bonchev–Trinajstić information content (AvgIpc) is 3.21. The quantitative estimate of drug-likeness (QED) is 0.791. The Morgan fingerprint density at radius 3 is 2.68 bits per heavy atom. The Hall–Kier alpha value is -0.890. The van der Waals surface area contributed by atoms with Crippen molar-refractivity contribution in [1.29, 1.82) is 0 Å². The first kappa shape index (κ1) is 13.1. The van der Waals surface area contributed by atoms with Crippen LogP contribution in [0.5, 0.6) is 0 Å². The van der Waals surface area contributed by atoms with E-state index in [1.807, 2.05) is 0 Å². The van der Waals surface area contributed by atoms with E-state index in [9.17, 15) is 4.39 Å². The van der Waals surface area contributed by atoms with Crippen molar-refractivity contribution in [3.05, 3.63) is 34.4 Å². The summed E-state index contributed by atoms with van der Waals surface area (Å²) in [6.45, 7) is 6.91. The zero-order chi connectivity index (χ0) is 13.4. The Labute approximate surface area is 115 Å². The van der Waals surface area contributed by atoms with Crippen LogP contribution >= 0.6 is 0 Å². The van der Waals surface area contributed by atoms with Gasteiger partial charge in [-0.2, -0.15) is 0 Å². The van der Waals surface area contributed by atoms with Gasteiger partial charge in [0.25, 0.3) is 0 Å². The normalized spacial score (nSPS) is 19.8. The Morgan fingerprint density at radius 1 is 1.26 bits per heavy atom. The first-order valence-electron chi connectivity index (χ1n) is 7.63. The van der Waals surface area contributed by atoms with E-state index >= 15 is 0 Å². The van der Waals surface area contributed by atoms with E-state index in [0.717, 1.165) is 25.4 Å². The van der Waals surface area contributed by atoms with Crippen molar-refractivity contribution in [2.75, 3.05) is 19.8 Å². The molecule has 0 amide bonds. The van der Waals surface area contributed by atoms with Crippen LogP contribution in [0.3, 0.4) is 0 Å². The lowest BCUT2D eigenvalue weighted by molar-refractivity contribution is 0.231. The highest BCUT2D eigenvalue weighted by atomic mass is 19.1. The number of benzene rings is 1. The molecule has 1 nitrogen and oxygen atoms in total. The lowest BCUT2D eigenvalue weighted by Gasteiger charge is -2.29. The molecule has 1 fully saturated rings.